The second-order valence-electron chi connectivity index (χ2n) is 9.16. The van der Waals surface area contributed by atoms with E-state index in [4.69, 9.17) is 4.74 Å². The summed E-state index contributed by atoms with van der Waals surface area (Å²) in [6.45, 7) is 7.41. The Kier molecular flexibility index (Phi) is 5.61. The van der Waals surface area contributed by atoms with Crippen LogP contribution in [-0.2, 0) is 9.59 Å². The normalized spacial score (nSPS) is 24.3. The van der Waals surface area contributed by atoms with Gasteiger partial charge in [-0.05, 0) is 49.7 Å². The van der Waals surface area contributed by atoms with Gasteiger partial charge in [-0.3, -0.25) is 9.59 Å². The largest absolute Gasteiger partial charge is 0.496 e. The summed E-state index contributed by atoms with van der Waals surface area (Å²) < 4.78 is 5.29. The van der Waals surface area contributed by atoms with Crippen LogP contribution in [0, 0.1) is 18.3 Å². The standard InChI is InChI=1S/C22H30N2O5/c1-12-15(7-6-8-16(12)29-5)19(25)23-18(22(2,3)4)20(26)24-14-10-9-13(11-14)17(24)21(27)28/h6-8,13-14,17-18H,9-11H2,1-5H3,(H,23,25)(H,27,28)/t13-,14+,17-,18+/m0/s1. The molecule has 2 aliphatic rings. The van der Waals surface area contributed by atoms with Gasteiger partial charge in [-0.2, -0.15) is 0 Å². The Morgan fingerprint density at radius 2 is 1.93 bits per heavy atom. The molecule has 1 aliphatic carbocycles. The number of carboxylic acid groups (broad SMARTS) is 1. The molecule has 7 heteroatoms. The highest BCUT2D eigenvalue weighted by Gasteiger charge is 2.53. The molecule has 0 aromatic heterocycles. The van der Waals surface area contributed by atoms with Crippen molar-refractivity contribution in [2.75, 3.05) is 7.11 Å². The van der Waals surface area contributed by atoms with E-state index >= 15 is 0 Å². The Bertz CT molecular complexity index is 829. The maximum absolute atomic E-state index is 13.5. The molecule has 1 aliphatic heterocycles. The molecule has 158 valence electrons. The van der Waals surface area contributed by atoms with Crippen LogP contribution in [0.1, 0.15) is 56.0 Å². The van der Waals surface area contributed by atoms with E-state index in [1.54, 1.807) is 32.2 Å². The molecular formula is C22H30N2O5. The van der Waals surface area contributed by atoms with E-state index < -0.39 is 23.5 Å². The molecule has 3 rings (SSSR count). The smallest absolute Gasteiger partial charge is 0.326 e. The van der Waals surface area contributed by atoms with Crippen LogP contribution in [0.15, 0.2) is 18.2 Å². The highest BCUT2D eigenvalue weighted by molar-refractivity contribution is 6.00. The minimum atomic E-state index is -0.965. The van der Waals surface area contributed by atoms with E-state index in [2.05, 4.69) is 5.32 Å². The summed E-state index contributed by atoms with van der Waals surface area (Å²) in [4.78, 5) is 39.9. The Labute approximate surface area is 171 Å². The van der Waals surface area contributed by atoms with Gasteiger partial charge in [0.15, 0.2) is 0 Å². The summed E-state index contributed by atoms with van der Waals surface area (Å²) in [6.07, 6.45) is 2.38. The molecule has 7 nitrogen and oxygen atoms in total. The molecular weight excluding hydrogens is 372 g/mol. The molecule has 2 bridgehead atoms. The number of piperidine rings is 1. The minimum absolute atomic E-state index is 0.00148. The summed E-state index contributed by atoms with van der Waals surface area (Å²) in [7, 11) is 1.54. The second-order valence-corrected chi connectivity index (χ2v) is 9.16. The fraction of sp³-hybridized carbons (Fsp3) is 0.591. The Morgan fingerprint density at radius 3 is 2.52 bits per heavy atom. The number of hydrogen-bond acceptors (Lipinski definition) is 4. The number of aliphatic carboxylic acids is 1. The lowest BCUT2D eigenvalue weighted by atomic mass is 9.84. The van der Waals surface area contributed by atoms with Gasteiger partial charge >= 0.3 is 5.97 Å². The van der Waals surface area contributed by atoms with Gasteiger partial charge < -0.3 is 20.1 Å². The molecule has 1 heterocycles. The molecule has 1 saturated carbocycles. The quantitative estimate of drug-likeness (QED) is 0.789. The molecule has 2 N–H and O–H groups in total. The van der Waals surface area contributed by atoms with E-state index in [1.807, 2.05) is 20.8 Å². The van der Waals surface area contributed by atoms with Crippen molar-refractivity contribution >= 4 is 17.8 Å². The fourth-order valence-corrected chi connectivity index (χ4v) is 4.71. The van der Waals surface area contributed by atoms with Gasteiger partial charge in [-0.15, -0.1) is 0 Å². The Hall–Kier alpha value is -2.57. The molecule has 1 aromatic rings. The van der Waals surface area contributed by atoms with E-state index in [1.165, 1.54) is 4.90 Å². The van der Waals surface area contributed by atoms with E-state index in [0.717, 1.165) is 19.3 Å². The molecule has 2 amide bonds. The molecule has 0 radical (unpaired) electrons. The molecule has 0 spiro atoms. The maximum atomic E-state index is 13.5. The number of amides is 2. The first-order chi connectivity index (χ1) is 13.6. The number of nitrogens with zero attached hydrogens (tertiary/aromatic N) is 1. The first-order valence-electron chi connectivity index (χ1n) is 10.1. The molecule has 4 atom stereocenters. The number of ether oxygens (including phenoxy) is 1. The van der Waals surface area contributed by atoms with Gasteiger partial charge in [-0.1, -0.05) is 26.8 Å². The predicted molar refractivity (Wildman–Crippen MR) is 108 cm³/mol. The zero-order valence-electron chi connectivity index (χ0n) is 17.7. The summed E-state index contributed by atoms with van der Waals surface area (Å²) in [5.41, 5.74) is 0.546. The third kappa shape index (κ3) is 3.82. The van der Waals surface area contributed by atoms with Crippen molar-refractivity contribution < 1.29 is 24.2 Å². The first-order valence-corrected chi connectivity index (χ1v) is 10.1. The molecule has 1 saturated heterocycles. The number of fused-ring (bicyclic) bond motifs is 2. The zero-order chi connectivity index (χ0) is 21.5. The van der Waals surface area contributed by atoms with Crippen molar-refractivity contribution in [3.63, 3.8) is 0 Å². The highest BCUT2D eigenvalue weighted by Crippen LogP contribution is 2.43. The number of rotatable bonds is 5. The van der Waals surface area contributed by atoms with Crippen LogP contribution in [0.4, 0.5) is 0 Å². The molecule has 29 heavy (non-hydrogen) atoms. The van der Waals surface area contributed by atoms with Crippen LogP contribution in [0.3, 0.4) is 0 Å². The number of benzene rings is 1. The minimum Gasteiger partial charge on any atom is -0.496 e. The van der Waals surface area contributed by atoms with Crippen LogP contribution >= 0.6 is 0 Å². The zero-order valence-corrected chi connectivity index (χ0v) is 17.7. The van der Waals surface area contributed by atoms with Crippen LogP contribution in [-0.4, -0.2) is 53.0 Å². The van der Waals surface area contributed by atoms with Crippen molar-refractivity contribution in [1.29, 1.82) is 0 Å². The van der Waals surface area contributed by atoms with Gasteiger partial charge in [0.05, 0.1) is 7.11 Å². The molecule has 1 aromatic carbocycles. The lowest BCUT2D eigenvalue weighted by Crippen LogP contribution is -2.59. The van der Waals surface area contributed by atoms with E-state index in [9.17, 15) is 19.5 Å². The Morgan fingerprint density at radius 1 is 1.24 bits per heavy atom. The number of likely N-dealkylation sites (tertiary alicyclic amines) is 1. The van der Waals surface area contributed by atoms with E-state index in [-0.39, 0.29) is 23.8 Å². The first kappa shape index (κ1) is 21.1. The summed E-state index contributed by atoms with van der Waals surface area (Å²) in [5.74, 6) is -1.05. The van der Waals surface area contributed by atoms with Gasteiger partial charge in [0.2, 0.25) is 5.91 Å². The number of nitrogens with one attached hydrogen (secondary N) is 1. The molecule has 2 fully saturated rings. The van der Waals surface area contributed by atoms with Crippen molar-refractivity contribution in [1.82, 2.24) is 10.2 Å². The van der Waals surface area contributed by atoms with Crippen LogP contribution in [0.5, 0.6) is 5.75 Å². The number of hydrogen-bond donors (Lipinski definition) is 2. The van der Waals surface area contributed by atoms with Crippen molar-refractivity contribution in [3.05, 3.63) is 29.3 Å². The number of carbonyl (C=O) groups is 3. The third-order valence-corrected chi connectivity index (χ3v) is 6.23. The summed E-state index contributed by atoms with van der Waals surface area (Å²) >= 11 is 0. The lowest BCUT2D eigenvalue weighted by Gasteiger charge is -2.39. The highest BCUT2D eigenvalue weighted by atomic mass is 16.5. The number of carbonyl (C=O) groups excluding carboxylic acids is 2. The van der Waals surface area contributed by atoms with Gasteiger partial charge in [0.1, 0.15) is 17.8 Å². The SMILES string of the molecule is COc1cccc(C(=O)N[C@H](C(=O)N2[C@@H]3CC[C@@H](C3)[C@H]2C(=O)O)C(C)(C)C)c1C. The van der Waals surface area contributed by atoms with E-state index in [0.29, 0.717) is 16.9 Å². The summed E-state index contributed by atoms with van der Waals surface area (Å²) in [5, 5.41) is 12.6. The van der Waals surface area contributed by atoms with Crippen LogP contribution in [0.25, 0.3) is 0 Å². The number of carboxylic acids is 1. The van der Waals surface area contributed by atoms with Crippen molar-refractivity contribution in [3.8, 4) is 5.75 Å². The van der Waals surface area contributed by atoms with Crippen molar-refractivity contribution in [2.45, 2.75) is 65.1 Å². The van der Waals surface area contributed by atoms with Gasteiger partial charge in [0.25, 0.3) is 5.91 Å². The average molecular weight is 402 g/mol. The van der Waals surface area contributed by atoms with Crippen LogP contribution in [0.2, 0.25) is 0 Å². The maximum Gasteiger partial charge on any atom is 0.326 e. The van der Waals surface area contributed by atoms with Crippen molar-refractivity contribution in [2.24, 2.45) is 11.3 Å². The monoisotopic (exact) mass is 402 g/mol. The lowest BCUT2D eigenvalue weighted by molar-refractivity contribution is -0.154. The van der Waals surface area contributed by atoms with Crippen LogP contribution < -0.4 is 10.1 Å². The topological polar surface area (TPSA) is 95.9 Å². The second kappa shape index (κ2) is 7.69. The Balaban J connectivity index is 1.88. The molecule has 0 unspecified atom stereocenters. The fourth-order valence-electron chi connectivity index (χ4n) is 4.71. The third-order valence-electron chi connectivity index (χ3n) is 6.23. The number of methoxy groups -OCH3 is 1. The average Bonchev–Trinajstić information content (AvgIpc) is 3.26. The van der Waals surface area contributed by atoms with Gasteiger partial charge in [0, 0.05) is 17.2 Å². The predicted octanol–water partition coefficient (Wildman–Crippen LogP) is 2.61. The van der Waals surface area contributed by atoms with Gasteiger partial charge in [-0.25, -0.2) is 4.79 Å². The summed E-state index contributed by atoms with van der Waals surface area (Å²) in [6, 6.07) is 3.50.